The van der Waals surface area contributed by atoms with Gasteiger partial charge in [-0.15, -0.1) is 0 Å². The van der Waals surface area contributed by atoms with Crippen LogP contribution in [0.5, 0.6) is 0 Å². The SMILES string of the molecule is CC(C)(C)OC(=O)C(C1=CCNC1)C(C(=O)O)C(=O)O. The first-order valence-electron chi connectivity index (χ1n) is 6.21. The molecule has 1 heterocycles. The highest BCUT2D eigenvalue weighted by Crippen LogP contribution is 2.27. The van der Waals surface area contributed by atoms with Crippen molar-refractivity contribution in [2.75, 3.05) is 13.1 Å². The van der Waals surface area contributed by atoms with E-state index >= 15 is 0 Å². The molecule has 0 spiro atoms. The Bertz CT molecular complexity index is 434. The predicted octanol–water partition coefficient (Wildman–Crippen LogP) is 0.259. The van der Waals surface area contributed by atoms with Gasteiger partial charge in [0.2, 0.25) is 0 Å². The van der Waals surface area contributed by atoms with Crippen LogP contribution in [0.1, 0.15) is 20.8 Å². The van der Waals surface area contributed by atoms with Gasteiger partial charge in [-0.25, -0.2) is 0 Å². The summed E-state index contributed by atoms with van der Waals surface area (Å²) in [6.45, 7) is 5.67. The molecule has 1 rings (SSSR count). The molecule has 3 N–H and O–H groups in total. The lowest BCUT2D eigenvalue weighted by Gasteiger charge is -2.26. The third kappa shape index (κ3) is 4.06. The van der Waals surface area contributed by atoms with Crippen LogP contribution in [0.3, 0.4) is 0 Å². The van der Waals surface area contributed by atoms with Gasteiger partial charge in [0.15, 0.2) is 5.92 Å². The molecule has 0 aromatic carbocycles. The predicted molar refractivity (Wildman–Crippen MR) is 69.0 cm³/mol. The van der Waals surface area contributed by atoms with E-state index in [1.54, 1.807) is 26.8 Å². The van der Waals surface area contributed by atoms with E-state index in [2.05, 4.69) is 5.32 Å². The van der Waals surface area contributed by atoms with E-state index in [9.17, 15) is 14.4 Å². The number of rotatable bonds is 5. The number of carbonyl (C=O) groups excluding carboxylic acids is 1. The minimum absolute atomic E-state index is 0.279. The molecule has 112 valence electrons. The highest BCUT2D eigenvalue weighted by atomic mass is 16.6. The molecule has 1 aliphatic heterocycles. The van der Waals surface area contributed by atoms with E-state index in [1.165, 1.54) is 0 Å². The van der Waals surface area contributed by atoms with E-state index in [1.807, 2.05) is 0 Å². The van der Waals surface area contributed by atoms with Crippen molar-refractivity contribution in [2.24, 2.45) is 11.8 Å². The van der Waals surface area contributed by atoms with Gasteiger partial charge in [0.05, 0.1) is 0 Å². The Morgan fingerprint density at radius 2 is 1.80 bits per heavy atom. The van der Waals surface area contributed by atoms with Crippen molar-refractivity contribution < 1.29 is 29.3 Å². The van der Waals surface area contributed by atoms with Crippen LogP contribution in [0.4, 0.5) is 0 Å². The Balaban J connectivity index is 3.10. The second-order valence-electron chi connectivity index (χ2n) is 5.58. The average molecular weight is 285 g/mol. The Morgan fingerprint density at radius 3 is 2.15 bits per heavy atom. The molecular formula is C13H19NO6. The maximum absolute atomic E-state index is 12.2. The van der Waals surface area contributed by atoms with E-state index in [4.69, 9.17) is 14.9 Å². The summed E-state index contributed by atoms with van der Waals surface area (Å²) in [7, 11) is 0. The zero-order valence-corrected chi connectivity index (χ0v) is 11.7. The van der Waals surface area contributed by atoms with Crippen LogP contribution in [0.25, 0.3) is 0 Å². The Hall–Kier alpha value is -1.89. The Labute approximate surface area is 116 Å². The summed E-state index contributed by atoms with van der Waals surface area (Å²) >= 11 is 0. The van der Waals surface area contributed by atoms with Crippen LogP contribution >= 0.6 is 0 Å². The maximum atomic E-state index is 12.2. The number of hydrogen-bond donors (Lipinski definition) is 3. The minimum Gasteiger partial charge on any atom is -0.481 e. The molecule has 7 nitrogen and oxygen atoms in total. The molecule has 0 saturated carbocycles. The van der Waals surface area contributed by atoms with Gasteiger partial charge in [-0.2, -0.15) is 0 Å². The van der Waals surface area contributed by atoms with Crippen molar-refractivity contribution in [1.29, 1.82) is 0 Å². The highest BCUT2D eigenvalue weighted by Gasteiger charge is 2.44. The van der Waals surface area contributed by atoms with Gasteiger partial charge in [0.25, 0.3) is 0 Å². The van der Waals surface area contributed by atoms with E-state index in [0.717, 1.165) is 0 Å². The number of esters is 1. The van der Waals surface area contributed by atoms with Crippen LogP contribution in [0.2, 0.25) is 0 Å². The Kier molecular flexibility index (Phi) is 4.88. The van der Waals surface area contributed by atoms with Gasteiger partial charge in [-0.3, -0.25) is 14.4 Å². The lowest BCUT2D eigenvalue weighted by Crippen LogP contribution is -2.41. The van der Waals surface area contributed by atoms with E-state index < -0.39 is 35.3 Å². The summed E-state index contributed by atoms with van der Waals surface area (Å²) < 4.78 is 5.16. The highest BCUT2D eigenvalue weighted by molar-refractivity contribution is 5.98. The second kappa shape index (κ2) is 6.04. The molecule has 0 radical (unpaired) electrons. The lowest BCUT2D eigenvalue weighted by atomic mass is 9.85. The number of carbonyl (C=O) groups is 3. The molecule has 0 fully saturated rings. The van der Waals surface area contributed by atoms with Crippen LogP contribution in [0.15, 0.2) is 11.6 Å². The fourth-order valence-electron chi connectivity index (χ4n) is 1.99. The zero-order valence-electron chi connectivity index (χ0n) is 11.7. The number of hydrogen-bond acceptors (Lipinski definition) is 5. The minimum atomic E-state index is -1.85. The molecule has 0 bridgehead atoms. The number of ether oxygens (including phenoxy) is 1. The van der Waals surface area contributed by atoms with Gasteiger partial charge >= 0.3 is 17.9 Å². The molecular weight excluding hydrogens is 266 g/mol. The molecule has 0 saturated heterocycles. The van der Waals surface area contributed by atoms with Crippen LogP contribution in [-0.4, -0.2) is 46.8 Å². The normalized spacial score (nSPS) is 16.7. The van der Waals surface area contributed by atoms with E-state index in [0.29, 0.717) is 12.1 Å². The number of nitrogens with one attached hydrogen (secondary N) is 1. The molecule has 0 amide bonds. The maximum Gasteiger partial charge on any atom is 0.319 e. The standard InChI is InChI=1S/C13H19NO6/c1-13(2,3)20-12(19)8(7-4-5-14-6-7)9(10(15)16)11(17)18/h4,8-9,14H,5-6H2,1-3H3,(H,15,16)(H,17,18). The molecule has 1 aliphatic rings. The Morgan fingerprint density at radius 1 is 1.25 bits per heavy atom. The third-order valence-corrected chi connectivity index (χ3v) is 2.76. The van der Waals surface area contributed by atoms with Gasteiger partial charge in [-0.05, 0) is 26.3 Å². The quantitative estimate of drug-likeness (QED) is 0.377. The molecule has 0 aromatic heterocycles. The average Bonchev–Trinajstić information content (AvgIpc) is 2.74. The van der Waals surface area contributed by atoms with Crippen molar-refractivity contribution in [3.8, 4) is 0 Å². The van der Waals surface area contributed by atoms with Crippen molar-refractivity contribution in [3.05, 3.63) is 11.6 Å². The number of carboxylic acid groups (broad SMARTS) is 2. The van der Waals surface area contributed by atoms with Gasteiger partial charge in [-0.1, -0.05) is 6.08 Å². The smallest absolute Gasteiger partial charge is 0.319 e. The molecule has 20 heavy (non-hydrogen) atoms. The van der Waals surface area contributed by atoms with Crippen molar-refractivity contribution in [3.63, 3.8) is 0 Å². The fourth-order valence-corrected chi connectivity index (χ4v) is 1.99. The number of carboxylic acids is 2. The molecule has 1 unspecified atom stereocenters. The monoisotopic (exact) mass is 285 g/mol. The molecule has 0 aliphatic carbocycles. The summed E-state index contributed by atoms with van der Waals surface area (Å²) in [5, 5.41) is 21.1. The van der Waals surface area contributed by atoms with Gasteiger partial charge < -0.3 is 20.3 Å². The summed E-state index contributed by atoms with van der Waals surface area (Å²) in [5.74, 6) is -7.11. The summed E-state index contributed by atoms with van der Waals surface area (Å²) in [6, 6.07) is 0. The van der Waals surface area contributed by atoms with Crippen molar-refractivity contribution >= 4 is 17.9 Å². The first-order valence-corrected chi connectivity index (χ1v) is 6.21. The number of aliphatic carboxylic acids is 2. The molecule has 0 aromatic rings. The fraction of sp³-hybridized carbons (Fsp3) is 0.615. The van der Waals surface area contributed by atoms with Gasteiger partial charge in [0, 0.05) is 13.1 Å². The van der Waals surface area contributed by atoms with Crippen LogP contribution < -0.4 is 5.32 Å². The second-order valence-corrected chi connectivity index (χ2v) is 5.58. The van der Waals surface area contributed by atoms with Gasteiger partial charge in [0.1, 0.15) is 11.5 Å². The zero-order chi connectivity index (χ0) is 15.5. The molecule has 1 atom stereocenters. The largest absolute Gasteiger partial charge is 0.481 e. The van der Waals surface area contributed by atoms with Crippen molar-refractivity contribution in [1.82, 2.24) is 5.32 Å². The third-order valence-electron chi connectivity index (χ3n) is 2.76. The summed E-state index contributed by atoms with van der Waals surface area (Å²) in [6.07, 6.45) is 1.63. The van der Waals surface area contributed by atoms with Crippen LogP contribution in [-0.2, 0) is 19.1 Å². The first-order chi connectivity index (χ1) is 9.13. The van der Waals surface area contributed by atoms with E-state index in [-0.39, 0.29) is 6.54 Å². The molecule has 7 heteroatoms. The summed E-state index contributed by atoms with van der Waals surface area (Å²) in [5.41, 5.74) is -0.377. The van der Waals surface area contributed by atoms with Crippen LogP contribution in [0, 0.1) is 11.8 Å². The lowest BCUT2D eigenvalue weighted by molar-refractivity contribution is -0.170. The topological polar surface area (TPSA) is 113 Å². The summed E-state index contributed by atoms with van der Waals surface area (Å²) in [4.78, 5) is 34.5. The van der Waals surface area contributed by atoms with Crippen molar-refractivity contribution in [2.45, 2.75) is 26.4 Å². The first kappa shape index (κ1) is 16.2.